The monoisotopic (exact) mass is 256 g/mol. The van der Waals surface area contributed by atoms with Crippen LogP contribution in [0.3, 0.4) is 0 Å². The van der Waals surface area contributed by atoms with Crippen LogP contribution in [0.25, 0.3) is 0 Å². The highest BCUT2D eigenvalue weighted by molar-refractivity contribution is 5.71. The van der Waals surface area contributed by atoms with E-state index in [9.17, 15) is 13.2 Å². The standard InChI is InChI=1S/C13H15F3N2/c14-13(15,16)9-3-4-11-12(7-9)17-6-5-10(18-11)8-1-2-8/h3-4,7-8,10,17-18H,1-2,5-6H2. The molecule has 0 radical (unpaired) electrons. The molecule has 98 valence electrons. The van der Waals surface area contributed by atoms with E-state index in [1.54, 1.807) is 0 Å². The lowest BCUT2D eigenvalue weighted by Crippen LogP contribution is -2.21. The molecular formula is C13H15F3N2. The Hall–Kier alpha value is -1.39. The normalized spacial score (nSPS) is 23.6. The molecule has 1 aliphatic carbocycles. The van der Waals surface area contributed by atoms with Crippen LogP contribution < -0.4 is 10.6 Å². The molecule has 1 unspecified atom stereocenters. The summed E-state index contributed by atoms with van der Waals surface area (Å²) < 4.78 is 37.9. The highest BCUT2D eigenvalue weighted by Gasteiger charge is 2.34. The maximum atomic E-state index is 12.6. The molecule has 1 saturated carbocycles. The lowest BCUT2D eigenvalue weighted by molar-refractivity contribution is -0.137. The minimum Gasteiger partial charge on any atom is -0.383 e. The van der Waals surface area contributed by atoms with Gasteiger partial charge in [-0.3, -0.25) is 0 Å². The van der Waals surface area contributed by atoms with Crippen LogP contribution >= 0.6 is 0 Å². The molecule has 1 heterocycles. The van der Waals surface area contributed by atoms with Crippen molar-refractivity contribution >= 4 is 11.4 Å². The third-order valence-corrected chi connectivity index (χ3v) is 3.65. The summed E-state index contributed by atoms with van der Waals surface area (Å²) in [6, 6.07) is 4.27. The second kappa shape index (κ2) is 4.07. The quantitative estimate of drug-likeness (QED) is 0.800. The minimum absolute atomic E-state index is 0.399. The van der Waals surface area contributed by atoms with Crippen LogP contribution in [0.1, 0.15) is 24.8 Å². The van der Waals surface area contributed by atoms with E-state index >= 15 is 0 Å². The first-order valence-corrected chi connectivity index (χ1v) is 6.26. The molecule has 0 bridgehead atoms. The Bertz CT molecular complexity index is 452. The number of hydrogen-bond acceptors (Lipinski definition) is 2. The zero-order valence-electron chi connectivity index (χ0n) is 9.85. The van der Waals surface area contributed by atoms with E-state index in [0.717, 1.165) is 24.7 Å². The van der Waals surface area contributed by atoms with Gasteiger partial charge in [0.1, 0.15) is 0 Å². The van der Waals surface area contributed by atoms with Crippen LogP contribution in [0, 0.1) is 5.92 Å². The number of benzene rings is 1. The predicted octanol–water partition coefficient (Wildman–Crippen LogP) is 3.71. The lowest BCUT2D eigenvalue weighted by Gasteiger charge is -2.17. The molecule has 1 aliphatic heterocycles. The maximum absolute atomic E-state index is 12.6. The Labute approximate surface area is 104 Å². The molecule has 1 fully saturated rings. The molecule has 2 nitrogen and oxygen atoms in total. The SMILES string of the molecule is FC(F)(F)c1ccc2c(c1)NCCC(C1CC1)N2. The number of rotatable bonds is 1. The molecule has 1 atom stereocenters. The molecule has 5 heteroatoms. The molecule has 0 amide bonds. The van der Waals surface area contributed by atoms with Crippen molar-refractivity contribution in [3.8, 4) is 0 Å². The fraction of sp³-hybridized carbons (Fsp3) is 0.538. The summed E-state index contributed by atoms with van der Waals surface area (Å²) >= 11 is 0. The van der Waals surface area contributed by atoms with Gasteiger partial charge in [-0.25, -0.2) is 0 Å². The van der Waals surface area contributed by atoms with E-state index in [1.165, 1.54) is 25.0 Å². The highest BCUT2D eigenvalue weighted by Crippen LogP contribution is 2.40. The summed E-state index contributed by atoms with van der Waals surface area (Å²) in [5.41, 5.74) is 0.755. The maximum Gasteiger partial charge on any atom is 0.416 e. The van der Waals surface area contributed by atoms with Gasteiger partial charge in [0.2, 0.25) is 0 Å². The van der Waals surface area contributed by atoms with Crippen LogP contribution in [0.5, 0.6) is 0 Å². The summed E-state index contributed by atoms with van der Waals surface area (Å²) in [5, 5.41) is 6.46. The van der Waals surface area contributed by atoms with E-state index in [1.807, 2.05) is 0 Å². The fourth-order valence-corrected chi connectivity index (χ4v) is 2.48. The molecule has 18 heavy (non-hydrogen) atoms. The first kappa shape index (κ1) is 11.7. The highest BCUT2D eigenvalue weighted by atomic mass is 19.4. The molecule has 1 aromatic rings. The van der Waals surface area contributed by atoms with E-state index < -0.39 is 11.7 Å². The van der Waals surface area contributed by atoms with Crippen molar-refractivity contribution in [3.63, 3.8) is 0 Å². The third kappa shape index (κ3) is 2.26. The Morgan fingerprint density at radius 3 is 2.50 bits per heavy atom. The second-order valence-electron chi connectivity index (χ2n) is 5.06. The largest absolute Gasteiger partial charge is 0.416 e. The third-order valence-electron chi connectivity index (χ3n) is 3.65. The zero-order chi connectivity index (χ0) is 12.8. The number of alkyl halides is 3. The van der Waals surface area contributed by atoms with Crippen molar-refractivity contribution in [1.82, 2.24) is 0 Å². The first-order valence-electron chi connectivity index (χ1n) is 6.26. The van der Waals surface area contributed by atoms with Crippen molar-refractivity contribution in [3.05, 3.63) is 23.8 Å². The van der Waals surface area contributed by atoms with Gasteiger partial charge in [-0.05, 0) is 43.4 Å². The van der Waals surface area contributed by atoms with Crippen LogP contribution in [-0.4, -0.2) is 12.6 Å². The summed E-state index contributed by atoms with van der Waals surface area (Å²) in [5.74, 6) is 0.694. The summed E-state index contributed by atoms with van der Waals surface area (Å²) in [6.45, 7) is 0.725. The number of halogens is 3. The molecule has 2 N–H and O–H groups in total. The smallest absolute Gasteiger partial charge is 0.383 e. The van der Waals surface area contributed by atoms with E-state index in [-0.39, 0.29) is 0 Å². The van der Waals surface area contributed by atoms with Crippen LogP contribution in [0.4, 0.5) is 24.5 Å². The Balaban J connectivity index is 1.88. The van der Waals surface area contributed by atoms with Gasteiger partial charge in [0.05, 0.1) is 16.9 Å². The molecule has 3 rings (SSSR count). The van der Waals surface area contributed by atoms with Crippen LogP contribution in [0.2, 0.25) is 0 Å². The van der Waals surface area contributed by atoms with Gasteiger partial charge in [0.25, 0.3) is 0 Å². The van der Waals surface area contributed by atoms with Crippen molar-refractivity contribution in [2.75, 3.05) is 17.2 Å². The van der Waals surface area contributed by atoms with E-state index in [2.05, 4.69) is 10.6 Å². The molecule has 0 saturated heterocycles. The Morgan fingerprint density at radius 1 is 1.06 bits per heavy atom. The van der Waals surface area contributed by atoms with Gasteiger partial charge < -0.3 is 10.6 Å². The fourth-order valence-electron chi connectivity index (χ4n) is 2.48. The summed E-state index contributed by atoms with van der Waals surface area (Å²) in [4.78, 5) is 0. The Morgan fingerprint density at radius 2 is 1.83 bits per heavy atom. The zero-order valence-corrected chi connectivity index (χ0v) is 9.85. The Kier molecular flexibility index (Phi) is 2.64. The summed E-state index contributed by atoms with van der Waals surface area (Å²) in [7, 11) is 0. The van der Waals surface area contributed by atoms with Crippen LogP contribution in [0.15, 0.2) is 18.2 Å². The second-order valence-corrected chi connectivity index (χ2v) is 5.06. The lowest BCUT2D eigenvalue weighted by atomic mass is 10.1. The van der Waals surface area contributed by atoms with Gasteiger partial charge >= 0.3 is 6.18 Å². The first-order chi connectivity index (χ1) is 8.54. The average molecular weight is 256 g/mol. The molecule has 1 aromatic carbocycles. The predicted molar refractivity (Wildman–Crippen MR) is 64.7 cm³/mol. The minimum atomic E-state index is -4.28. The number of hydrogen-bond donors (Lipinski definition) is 2. The molecular weight excluding hydrogens is 241 g/mol. The average Bonchev–Trinajstić information content (AvgIpc) is 3.13. The summed E-state index contributed by atoms with van der Waals surface area (Å²) in [6.07, 6.45) is -0.860. The van der Waals surface area contributed by atoms with Gasteiger partial charge in [0, 0.05) is 12.6 Å². The van der Waals surface area contributed by atoms with E-state index in [4.69, 9.17) is 0 Å². The van der Waals surface area contributed by atoms with E-state index in [0.29, 0.717) is 17.6 Å². The number of fused-ring (bicyclic) bond motifs is 1. The van der Waals surface area contributed by atoms with Gasteiger partial charge in [-0.2, -0.15) is 13.2 Å². The van der Waals surface area contributed by atoms with Gasteiger partial charge in [0.15, 0.2) is 0 Å². The van der Waals surface area contributed by atoms with Crippen molar-refractivity contribution in [2.24, 2.45) is 5.92 Å². The molecule has 0 aromatic heterocycles. The van der Waals surface area contributed by atoms with Crippen molar-refractivity contribution in [1.29, 1.82) is 0 Å². The number of nitrogens with one attached hydrogen (secondary N) is 2. The molecule has 0 spiro atoms. The number of anilines is 2. The van der Waals surface area contributed by atoms with Gasteiger partial charge in [-0.15, -0.1) is 0 Å². The van der Waals surface area contributed by atoms with Crippen molar-refractivity contribution < 1.29 is 13.2 Å². The molecule has 2 aliphatic rings. The van der Waals surface area contributed by atoms with Crippen LogP contribution in [-0.2, 0) is 6.18 Å². The topological polar surface area (TPSA) is 24.1 Å². The van der Waals surface area contributed by atoms with Gasteiger partial charge in [-0.1, -0.05) is 0 Å². The van der Waals surface area contributed by atoms with Crippen molar-refractivity contribution in [2.45, 2.75) is 31.5 Å².